The first-order chi connectivity index (χ1) is 11.3. The number of pyridine rings is 1. The number of nitrogens with one attached hydrogen (secondary N) is 1. The lowest BCUT2D eigenvalue weighted by atomic mass is 10.0. The topological polar surface area (TPSA) is 80.8 Å². The molecular weight excluding hydrogens is 310 g/mol. The number of carbonyl (C=O) groups is 2. The number of aromatic nitrogens is 1. The molecule has 1 aromatic rings. The number of amides is 2. The van der Waals surface area contributed by atoms with Crippen molar-refractivity contribution in [3.63, 3.8) is 0 Å². The van der Waals surface area contributed by atoms with Crippen LogP contribution >= 0.6 is 0 Å². The number of rotatable bonds is 1. The number of anilines is 1. The van der Waals surface area contributed by atoms with E-state index in [-0.39, 0.29) is 18.6 Å². The smallest absolute Gasteiger partial charge is 0.410 e. The second kappa shape index (κ2) is 6.14. The Bertz CT molecular complexity index is 706. The molecule has 0 aromatic carbocycles. The minimum atomic E-state index is -0.507. The number of hydrogen-bond acceptors (Lipinski definition) is 5. The third kappa shape index (κ3) is 3.50. The van der Waals surface area contributed by atoms with Crippen LogP contribution in [0.25, 0.3) is 5.57 Å². The van der Waals surface area contributed by atoms with E-state index >= 15 is 0 Å². The van der Waals surface area contributed by atoms with E-state index in [0.29, 0.717) is 30.9 Å². The van der Waals surface area contributed by atoms with Crippen LogP contribution in [0, 0.1) is 0 Å². The van der Waals surface area contributed by atoms with Gasteiger partial charge in [-0.15, -0.1) is 0 Å². The van der Waals surface area contributed by atoms with Gasteiger partial charge in [0.15, 0.2) is 12.4 Å². The van der Waals surface area contributed by atoms with Gasteiger partial charge in [0, 0.05) is 19.3 Å². The van der Waals surface area contributed by atoms with Crippen molar-refractivity contribution < 1.29 is 19.1 Å². The highest BCUT2D eigenvalue weighted by molar-refractivity contribution is 5.96. The van der Waals surface area contributed by atoms with Crippen LogP contribution < -0.4 is 10.1 Å². The van der Waals surface area contributed by atoms with Gasteiger partial charge in [-0.25, -0.2) is 4.79 Å². The molecular formula is C17H21N3O4. The van der Waals surface area contributed by atoms with E-state index in [0.717, 1.165) is 11.3 Å². The van der Waals surface area contributed by atoms with Crippen molar-refractivity contribution in [2.75, 3.05) is 25.0 Å². The summed E-state index contributed by atoms with van der Waals surface area (Å²) < 4.78 is 10.9. The van der Waals surface area contributed by atoms with Crippen LogP contribution in [0.1, 0.15) is 32.9 Å². The first-order valence-electron chi connectivity index (χ1n) is 7.92. The summed E-state index contributed by atoms with van der Waals surface area (Å²) in [6, 6.07) is 1.71. The van der Waals surface area contributed by atoms with Gasteiger partial charge in [-0.2, -0.15) is 0 Å². The normalized spacial score (nSPS) is 17.4. The fourth-order valence-corrected chi connectivity index (χ4v) is 2.62. The Labute approximate surface area is 140 Å². The fraction of sp³-hybridized carbons (Fsp3) is 0.471. The quantitative estimate of drug-likeness (QED) is 0.855. The van der Waals surface area contributed by atoms with Crippen molar-refractivity contribution in [3.8, 4) is 5.75 Å². The molecule has 7 heteroatoms. The van der Waals surface area contributed by atoms with E-state index in [9.17, 15) is 9.59 Å². The first-order valence-corrected chi connectivity index (χ1v) is 7.92. The molecule has 0 radical (unpaired) electrons. The maximum Gasteiger partial charge on any atom is 0.410 e. The second-order valence-corrected chi connectivity index (χ2v) is 6.78. The second-order valence-electron chi connectivity index (χ2n) is 6.78. The summed E-state index contributed by atoms with van der Waals surface area (Å²) in [4.78, 5) is 29.6. The van der Waals surface area contributed by atoms with Gasteiger partial charge in [0.25, 0.3) is 5.91 Å². The highest BCUT2D eigenvalue weighted by Crippen LogP contribution is 2.36. The average molecular weight is 331 g/mol. The molecule has 0 unspecified atom stereocenters. The zero-order valence-electron chi connectivity index (χ0n) is 14.1. The first kappa shape index (κ1) is 16.3. The van der Waals surface area contributed by atoms with Gasteiger partial charge >= 0.3 is 6.09 Å². The van der Waals surface area contributed by atoms with Gasteiger partial charge in [-0.3, -0.25) is 9.78 Å². The van der Waals surface area contributed by atoms with Crippen molar-refractivity contribution in [1.29, 1.82) is 0 Å². The van der Waals surface area contributed by atoms with Crippen molar-refractivity contribution >= 4 is 23.3 Å². The number of fused-ring (bicyclic) bond motifs is 1. The monoisotopic (exact) mass is 331 g/mol. The summed E-state index contributed by atoms with van der Waals surface area (Å²) in [7, 11) is 0. The molecule has 2 amide bonds. The molecule has 1 aromatic heterocycles. The Balaban J connectivity index is 1.75. The SMILES string of the molecule is CC(C)(C)OC(=O)N1CC=C(c2nccc3c2OCC(=O)N3)CC1. The van der Waals surface area contributed by atoms with Gasteiger partial charge in [0.05, 0.1) is 5.69 Å². The van der Waals surface area contributed by atoms with Crippen LogP contribution in [0.5, 0.6) is 5.75 Å². The summed E-state index contributed by atoms with van der Waals surface area (Å²) in [5, 5.41) is 2.78. The summed E-state index contributed by atoms with van der Waals surface area (Å²) in [6.45, 7) is 6.55. The predicted octanol–water partition coefficient (Wildman–Crippen LogP) is 2.44. The van der Waals surface area contributed by atoms with Crippen LogP contribution in [0.4, 0.5) is 10.5 Å². The van der Waals surface area contributed by atoms with Crippen LogP contribution in [0.2, 0.25) is 0 Å². The van der Waals surface area contributed by atoms with Crippen molar-refractivity contribution in [2.45, 2.75) is 32.8 Å². The van der Waals surface area contributed by atoms with Gasteiger partial charge in [-0.1, -0.05) is 6.08 Å². The highest BCUT2D eigenvalue weighted by Gasteiger charge is 2.27. The van der Waals surface area contributed by atoms with Gasteiger partial charge < -0.3 is 19.7 Å². The summed E-state index contributed by atoms with van der Waals surface area (Å²) in [5.41, 5.74) is 1.85. The molecule has 0 aliphatic carbocycles. The van der Waals surface area contributed by atoms with E-state index in [2.05, 4.69) is 10.3 Å². The Morgan fingerprint density at radius 1 is 1.42 bits per heavy atom. The molecule has 128 valence electrons. The molecule has 0 saturated heterocycles. The summed E-state index contributed by atoms with van der Waals surface area (Å²) in [6.07, 6.45) is 3.93. The van der Waals surface area contributed by atoms with Gasteiger partial charge in [0.2, 0.25) is 0 Å². The molecule has 0 saturated carbocycles. The minimum Gasteiger partial charge on any atom is -0.479 e. The number of ether oxygens (including phenoxy) is 2. The Kier molecular flexibility index (Phi) is 4.17. The third-order valence-electron chi connectivity index (χ3n) is 3.69. The number of carbonyl (C=O) groups excluding carboxylic acids is 2. The van der Waals surface area contributed by atoms with Crippen molar-refractivity contribution in [2.24, 2.45) is 0 Å². The molecule has 3 rings (SSSR count). The van der Waals surface area contributed by atoms with E-state index < -0.39 is 5.60 Å². The van der Waals surface area contributed by atoms with Crippen LogP contribution in [-0.2, 0) is 9.53 Å². The molecule has 0 atom stereocenters. The average Bonchev–Trinajstić information content (AvgIpc) is 2.52. The molecule has 24 heavy (non-hydrogen) atoms. The summed E-state index contributed by atoms with van der Waals surface area (Å²) >= 11 is 0. The van der Waals surface area contributed by atoms with Crippen LogP contribution in [-0.4, -0.2) is 47.2 Å². The van der Waals surface area contributed by atoms with Crippen molar-refractivity contribution in [1.82, 2.24) is 9.88 Å². The molecule has 7 nitrogen and oxygen atoms in total. The zero-order chi connectivity index (χ0) is 17.3. The minimum absolute atomic E-state index is 0.0109. The largest absolute Gasteiger partial charge is 0.479 e. The lowest BCUT2D eigenvalue weighted by Gasteiger charge is -2.30. The number of nitrogens with zero attached hydrogens (tertiary/aromatic N) is 2. The Morgan fingerprint density at radius 3 is 2.88 bits per heavy atom. The van der Waals surface area contributed by atoms with Crippen LogP contribution in [0.3, 0.4) is 0 Å². The highest BCUT2D eigenvalue weighted by atomic mass is 16.6. The fourth-order valence-electron chi connectivity index (χ4n) is 2.62. The maximum absolute atomic E-state index is 12.1. The Hall–Kier alpha value is -2.57. The lowest BCUT2D eigenvalue weighted by Crippen LogP contribution is -2.39. The predicted molar refractivity (Wildman–Crippen MR) is 88.8 cm³/mol. The summed E-state index contributed by atoms with van der Waals surface area (Å²) in [5.74, 6) is 0.419. The van der Waals surface area contributed by atoms with E-state index in [1.165, 1.54) is 0 Å². The van der Waals surface area contributed by atoms with E-state index in [4.69, 9.17) is 9.47 Å². The standard InChI is InChI=1S/C17H21N3O4/c1-17(2,3)24-16(22)20-8-5-11(6-9-20)14-15-12(4-7-18-14)19-13(21)10-23-15/h4-5,7H,6,8-10H2,1-3H3,(H,19,21). The lowest BCUT2D eigenvalue weighted by molar-refractivity contribution is -0.118. The molecule has 0 fully saturated rings. The zero-order valence-corrected chi connectivity index (χ0v) is 14.1. The molecule has 2 aliphatic rings. The van der Waals surface area contributed by atoms with Gasteiger partial charge in [0.1, 0.15) is 11.3 Å². The van der Waals surface area contributed by atoms with Crippen LogP contribution in [0.15, 0.2) is 18.3 Å². The molecule has 0 bridgehead atoms. The molecule has 1 N–H and O–H groups in total. The van der Waals surface area contributed by atoms with Crippen molar-refractivity contribution in [3.05, 3.63) is 24.0 Å². The molecule has 0 spiro atoms. The van der Waals surface area contributed by atoms with E-state index in [1.807, 2.05) is 26.8 Å². The third-order valence-corrected chi connectivity index (χ3v) is 3.69. The Morgan fingerprint density at radius 2 is 2.21 bits per heavy atom. The maximum atomic E-state index is 12.1. The molecule has 3 heterocycles. The number of hydrogen-bond donors (Lipinski definition) is 1. The van der Waals surface area contributed by atoms with Gasteiger partial charge in [-0.05, 0) is 38.8 Å². The molecule has 2 aliphatic heterocycles. The van der Waals surface area contributed by atoms with E-state index in [1.54, 1.807) is 17.2 Å².